The number of allylic oxidation sites excluding steroid dienone is 1. The van der Waals surface area contributed by atoms with Crippen molar-refractivity contribution in [2.45, 2.75) is 32.6 Å². The Labute approximate surface area is 89.3 Å². The lowest BCUT2D eigenvalue weighted by Gasteiger charge is -2.30. The topological polar surface area (TPSA) is 69.6 Å². The van der Waals surface area contributed by atoms with Gasteiger partial charge in [0.25, 0.3) is 0 Å². The minimum atomic E-state index is -1.45. The molecule has 0 aromatic carbocycles. The first-order valence-corrected chi connectivity index (χ1v) is 4.94. The van der Waals surface area contributed by atoms with Crippen LogP contribution in [0, 0.1) is 5.92 Å². The van der Waals surface area contributed by atoms with Crippen LogP contribution in [0.1, 0.15) is 20.3 Å². The lowest BCUT2D eigenvalue weighted by molar-refractivity contribution is -0.119. The van der Waals surface area contributed by atoms with Crippen molar-refractivity contribution >= 4 is 5.91 Å². The third-order valence-electron chi connectivity index (χ3n) is 2.65. The Balaban J connectivity index is 2.81. The molecule has 84 valence electrons. The van der Waals surface area contributed by atoms with Gasteiger partial charge in [0.2, 0.25) is 5.91 Å². The summed E-state index contributed by atoms with van der Waals surface area (Å²) in [6.07, 6.45) is 0.753. The van der Waals surface area contributed by atoms with Gasteiger partial charge >= 0.3 is 0 Å². The van der Waals surface area contributed by atoms with Crippen molar-refractivity contribution in [1.82, 2.24) is 5.32 Å². The quantitative estimate of drug-likeness (QED) is 0.455. The summed E-state index contributed by atoms with van der Waals surface area (Å²) in [5, 5.41) is 20.9. The highest BCUT2D eigenvalue weighted by Gasteiger charge is 2.26. The van der Waals surface area contributed by atoms with Gasteiger partial charge in [-0.2, -0.15) is 0 Å². The Kier molecular flexibility index (Phi) is 3.66. The Bertz CT molecular complexity index is 307. The molecule has 4 heteroatoms. The van der Waals surface area contributed by atoms with Gasteiger partial charge in [0.15, 0.2) is 6.29 Å². The minimum Gasteiger partial charge on any atom is -0.365 e. The molecule has 0 spiro atoms. The number of amides is 1. The number of hydrogen-bond acceptors (Lipinski definition) is 3. The van der Waals surface area contributed by atoms with Crippen LogP contribution >= 0.6 is 0 Å². The molecular weight excluding hydrogens is 194 g/mol. The van der Waals surface area contributed by atoms with E-state index >= 15 is 0 Å². The zero-order valence-corrected chi connectivity index (χ0v) is 9.03. The second kappa shape index (κ2) is 4.59. The van der Waals surface area contributed by atoms with Crippen LogP contribution in [-0.2, 0) is 4.79 Å². The standard InChI is InChI=1S/C11H17NO3/c1-6-4-9(11(14)15)5-10(7(6)2)12-8(3)13/h4,6,10-11,14-15H,2,5H2,1,3H3,(H,12,13). The summed E-state index contributed by atoms with van der Waals surface area (Å²) in [4.78, 5) is 10.9. The first-order valence-electron chi connectivity index (χ1n) is 4.94. The van der Waals surface area contributed by atoms with E-state index in [0.29, 0.717) is 12.0 Å². The molecule has 4 nitrogen and oxygen atoms in total. The Morgan fingerprint density at radius 3 is 2.73 bits per heavy atom. The third-order valence-corrected chi connectivity index (χ3v) is 2.65. The number of rotatable bonds is 2. The van der Waals surface area contributed by atoms with Crippen molar-refractivity contribution in [1.29, 1.82) is 0 Å². The van der Waals surface area contributed by atoms with E-state index in [-0.39, 0.29) is 17.9 Å². The van der Waals surface area contributed by atoms with E-state index in [1.54, 1.807) is 6.08 Å². The minimum absolute atomic E-state index is 0.0485. The summed E-state index contributed by atoms with van der Waals surface area (Å²) in [5.74, 6) is -0.0885. The fraction of sp³-hybridized carbons (Fsp3) is 0.545. The Morgan fingerprint density at radius 1 is 1.67 bits per heavy atom. The monoisotopic (exact) mass is 211 g/mol. The van der Waals surface area contributed by atoms with Gasteiger partial charge in [-0.1, -0.05) is 19.6 Å². The maximum Gasteiger partial charge on any atom is 0.217 e. The van der Waals surface area contributed by atoms with E-state index < -0.39 is 6.29 Å². The van der Waals surface area contributed by atoms with Crippen molar-refractivity contribution in [3.05, 3.63) is 23.8 Å². The van der Waals surface area contributed by atoms with Crippen LogP contribution in [0.2, 0.25) is 0 Å². The highest BCUT2D eigenvalue weighted by molar-refractivity contribution is 5.73. The molecule has 0 radical (unpaired) electrons. The predicted molar refractivity (Wildman–Crippen MR) is 56.8 cm³/mol. The second-order valence-corrected chi connectivity index (χ2v) is 3.94. The van der Waals surface area contributed by atoms with Gasteiger partial charge in [0.05, 0.1) is 6.04 Å². The van der Waals surface area contributed by atoms with Crippen LogP contribution < -0.4 is 5.32 Å². The highest BCUT2D eigenvalue weighted by atomic mass is 16.5. The van der Waals surface area contributed by atoms with E-state index in [0.717, 1.165) is 5.57 Å². The van der Waals surface area contributed by atoms with Crippen LogP contribution in [0.3, 0.4) is 0 Å². The van der Waals surface area contributed by atoms with E-state index in [4.69, 9.17) is 10.2 Å². The molecule has 1 amide bonds. The summed E-state index contributed by atoms with van der Waals surface area (Å²) < 4.78 is 0. The van der Waals surface area contributed by atoms with Crippen molar-refractivity contribution in [2.24, 2.45) is 5.92 Å². The molecule has 0 aliphatic heterocycles. The van der Waals surface area contributed by atoms with Crippen molar-refractivity contribution < 1.29 is 15.0 Å². The molecule has 0 saturated heterocycles. The molecule has 0 aromatic heterocycles. The largest absolute Gasteiger partial charge is 0.365 e. The Hall–Kier alpha value is -1.13. The second-order valence-electron chi connectivity index (χ2n) is 3.94. The van der Waals surface area contributed by atoms with Crippen LogP contribution in [0.25, 0.3) is 0 Å². The van der Waals surface area contributed by atoms with Crippen LogP contribution in [0.15, 0.2) is 23.8 Å². The summed E-state index contributed by atoms with van der Waals surface area (Å²) in [6.45, 7) is 7.25. The summed E-state index contributed by atoms with van der Waals surface area (Å²) in [6, 6.07) is -0.195. The van der Waals surface area contributed by atoms with E-state index in [9.17, 15) is 4.79 Å². The van der Waals surface area contributed by atoms with E-state index in [2.05, 4.69) is 11.9 Å². The van der Waals surface area contributed by atoms with Crippen LogP contribution in [-0.4, -0.2) is 28.5 Å². The molecule has 1 aliphatic rings. The fourth-order valence-electron chi connectivity index (χ4n) is 1.76. The number of nitrogens with one attached hydrogen (secondary N) is 1. The maximum absolute atomic E-state index is 10.9. The molecule has 0 bridgehead atoms. The Morgan fingerprint density at radius 2 is 2.27 bits per heavy atom. The summed E-state index contributed by atoms with van der Waals surface area (Å²) >= 11 is 0. The highest BCUT2D eigenvalue weighted by Crippen LogP contribution is 2.28. The maximum atomic E-state index is 10.9. The average Bonchev–Trinajstić information content (AvgIpc) is 2.11. The van der Waals surface area contributed by atoms with Gasteiger partial charge in [0, 0.05) is 6.92 Å². The van der Waals surface area contributed by atoms with Crippen LogP contribution in [0.5, 0.6) is 0 Å². The molecule has 15 heavy (non-hydrogen) atoms. The number of aliphatic hydroxyl groups is 2. The van der Waals surface area contributed by atoms with Crippen LogP contribution in [0.4, 0.5) is 0 Å². The zero-order valence-electron chi connectivity index (χ0n) is 9.03. The van der Waals surface area contributed by atoms with Crippen molar-refractivity contribution in [3.63, 3.8) is 0 Å². The molecule has 1 aliphatic carbocycles. The molecule has 2 unspecified atom stereocenters. The number of carbonyl (C=O) groups excluding carboxylic acids is 1. The molecule has 0 aromatic rings. The van der Waals surface area contributed by atoms with Crippen molar-refractivity contribution in [3.8, 4) is 0 Å². The van der Waals surface area contributed by atoms with Gasteiger partial charge in [-0.15, -0.1) is 0 Å². The van der Waals surface area contributed by atoms with Gasteiger partial charge in [0.1, 0.15) is 0 Å². The lowest BCUT2D eigenvalue weighted by atomic mass is 9.83. The van der Waals surface area contributed by atoms with E-state index in [1.165, 1.54) is 6.92 Å². The summed E-state index contributed by atoms with van der Waals surface area (Å²) in [7, 11) is 0. The van der Waals surface area contributed by atoms with Gasteiger partial charge < -0.3 is 15.5 Å². The third kappa shape index (κ3) is 2.91. The summed E-state index contributed by atoms with van der Waals surface area (Å²) in [5.41, 5.74) is 1.43. The van der Waals surface area contributed by atoms with E-state index in [1.807, 2.05) is 6.92 Å². The molecule has 0 heterocycles. The van der Waals surface area contributed by atoms with Gasteiger partial charge in [-0.25, -0.2) is 0 Å². The first-order chi connectivity index (χ1) is 6.91. The normalized spacial score (nSPS) is 26.5. The molecule has 2 atom stereocenters. The smallest absolute Gasteiger partial charge is 0.217 e. The number of hydrogen-bond donors (Lipinski definition) is 3. The molecule has 0 fully saturated rings. The molecule has 1 rings (SSSR count). The van der Waals surface area contributed by atoms with Gasteiger partial charge in [-0.05, 0) is 23.5 Å². The zero-order chi connectivity index (χ0) is 11.6. The van der Waals surface area contributed by atoms with Gasteiger partial charge in [-0.3, -0.25) is 4.79 Å². The molecular formula is C11H17NO3. The predicted octanol–water partition coefficient (Wildman–Crippen LogP) is 0.324. The van der Waals surface area contributed by atoms with Crippen molar-refractivity contribution in [2.75, 3.05) is 0 Å². The molecule has 0 saturated carbocycles. The number of carbonyl (C=O) groups is 1. The average molecular weight is 211 g/mol. The lowest BCUT2D eigenvalue weighted by Crippen LogP contribution is -2.39. The SMILES string of the molecule is C=C1C(C)C=C(C(O)O)CC1NC(C)=O. The number of aliphatic hydroxyl groups excluding tert-OH is 1. The first kappa shape index (κ1) is 11.9. The molecule has 3 N–H and O–H groups in total. The fourth-order valence-corrected chi connectivity index (χ4v) is 1.76.